The van der Waals surface area contributed by atoms with Crippen molar-refractivity contribution in [3.05, 3.63) is 53.6 Å². The second-order valence-electron chi connectivity index (χ2n) is 6.77. The van der Waals surface area contributed by atoms with Crippen molar-refractivity contribution < 1.29 is 23.9 Å². The summed E-state index contributed by atoms with van der Waals surface area (Å²) in [5.41, 5.74) is 1.43. The highest BCUT2D eigenvalue weighted by Crippen LogP contribution is 2.28. The average molecular weight is 413 g/mol. The molecule has 0 fully saturated rings. The molecule has 0 saturated heterocycles. The summed E-state index contributed by atoms with van der Waals surface area (Å²) in [6.07, 6.45) is 0. The Morgan fingerprint density at radius 3 is 2.20 bits per heavy atom. The molecule has 0 spiro atoms. The van der Waals surface area contributed by atoms with Gasteiger partial charge in [0, 0.05) is 29.4 Å². The highest BCUT2D eigenvalue weighted by molar-refractivity contribution is 6.05. The summed E-state index contributed by atoms with van der Waals surface area (Å²) in [6.45, 7) is 5.95. The number of amides is 3. The van der Waals surface area contributed by atoms with E-state index in [-0.39, 0.29) is 30.4 Å². The van der Waals surface area contributed by atoms with Crippen LogP contribution in [0.5, 0.6) is 11.5 Å². The van der Waals surface area contributed by atoms with Crippen molar-refractivity contribution in [3.63, 3.8) is 0 Å². The molecule has 2 aromatic rings. The molecule has 30 heavy (non-hydrogen) atoms. The van der Waals surface area contributed by atoms with Crippen LogP contribution in [0.15, 0.2) is 42.5 Å². The molecule has 0 aliphatic heterocycles. The highest BCUT2D eigenvalue weighted by atomic mass is 16.5. The number of carbonyl (C=O) groups is 3. The van der Waals surface area contributed by atoms with E-state index in [1.165, 1.54) is 13.2 Å². The van der Waals surface area contributed by atoms with E-state index < -0.39 is 0 Å². The fourth-order valence-electron chi connectivity index (χ4n) is 2.61. The Bertz CT molecular complexity index is 894. The van der Waals surface area contributed by atoms with Gasteiger partial charge in [0.1, 0.15) is 0 Å². The van der Waals surface area contributed by atoms with Gasteiger partial charge in [-0.1, -0.05) is 0 Å². The van der Waals surface area contributed by atoms with Crippen LogP contribution in [0.25, 0.3) is 0 Å². The van der Waals surface area contributed by atoms with Gasteiger partial charge in [0.25, 0.3) is 17.7 Å². The lowest BCUT2D eigenvalue weighted by molar-refractivity contribution is -0.123. The highest BCUT2D eigenvalue weighted by Gasteiger charge is 2.13. The minimum absolute atomic E-state index is 0.0177. The van der Waals surface area contributed by atoms with Gasteiger partial charge in [-0.2, -0.15) is 0 Å². The van der Waals surface area contributed by atoms with Gasteiger partial charge < -0.3 is 25.4 Å². The van der Waals surface area contributed by atoms with Crippen molar-refractivity contribution in [2.45, 2.75) is 26.8 Å². The Kier molecular flexibility index (Phi) is 8.22. The van der Waals surface area contributed by atoms with E-state index in [0.717, 1.165) is 0 Å². The number of benzene rings is 2. The fourth-order valence-corrected chi connectivity index (χ4v) is 2.61. The summed E-state index contributed by atoms with van der Waals surface area (Å²) in [4.78, 5) is 36.1. The van der Waals surface area contributed by atoms with Gasteiger partial charge in [-0.05, 0) is 63.2 Å². The molecule has 0 aliphatic rings. The molecule has 0 bridgehead atoms. The second-order valence-corrected chi connectivity index (χ2v) is 6.77. The maximum Gasteiger partial charge on any atom is 0.258 e. The van der Waals surface area contributed by atoms with Gasteiger partial charge in [0.15, 0.2) is 18.1 Å². The van der Waals surface area contributed by atoms with Gasteiger partial charge in [-0.15, -0.1) is 0 Å². The number of hydrogen-bond donors (Lipinski definition) is 3. The van der Waals surface area contributed by atoms with Crippen LogP contribution in [0.2, 0.25) is 0 Å². The molecule has 0 heterocycles. The lowest BCUT2D eigenvalue weighted by Gasteiger charge is -2.13. The van der Waals surface area contributed by atoms with Crippen LogP contribution in [0.3, 0.4) is 0 Å². The number of methoxy groups -OCH3 is 1. The van der Waals surface area contributed by atoms with Crippen LogP contribution >= 0.6 is 0 Å². The summed E-state index contributed by atoms with van der Waals surface area (Å²) < 4.78 is 10.8. The topological polar surface area (TPSA) is 106 Å². The smallest absolute Gasteiger partial charge is 0.258 e. The van der Waals surface area contributed by atoms with E-state index in [1.54, 1.807) is 36.4 Å². The Morgan fingerprint density at radius 1 is 0.933 bits per heavy atom. The summed E-state index contributed by atoms with van der Waals surface area (Å²) in [5.74, 6) is -0.0586. The third kappa shape index (κ3) is 6.51. The lowest BCUT2D eigenvalue weighted by Crippen LogP contribution is -2.34. The van der Waals surface area contributed by atoms with Crippen molar-refractivity contribution in [2.75, 3.05) is 25.6 Å². The van der Waals surface area contributed by atoms with Crippen molar-refractivity contribution >= 4 is 23.4 Å². The number of anilines is 1. The zero-order valence-electron chi connectivity index (χ0n) is 17.6. The number of hydrogen-bond acceptors (Lipinski definition) is 5. The third-order valence-electron chi connectivity index (χ3n) is 3.98. The van der Waals surface area contributed by atoms with Gasteiger partial charge in [0.05, 0.1) is 7.11 Å². The first kappa shape index (κ1) is 22.7. The molecule has 0 radical (unpaired) electrons. The predicted octanol–water partition coefficient (Wildman–Crippen LogP) is 2.60. The molecule has 8 heteroatoms. The first-order valence-electron chi connectivity index (χ1n) is 9.63. The van der Waals surface area contributed by atoms with Crippen LogP contribution < -0.4 is 25.4 Å². The quantitative estimate of drug-likeness (QED) is 0.586. The van der Waals surface area contributed by atoms with Crippen LogP contribution in [0.1, 0.15) is 41.5 Å². The summed E-state index contributed by atoms with van der Waals surface area (Å²) in [6, 6.07) is 11.3. The van der Waals surface area contributed by atoms with E-state index >= 15 is 0 Å². The lowest BCUT2D eigenvalue weighted by atomic mass is 10.1. The Morgan fingerprint density at radius 2 is 1.60 bits per heavy atom. The SMILES string of the molecule is CCNC(=O)c1ccc(NC(=O)c2ccc(OCC(=O)NC(C)C)c(OC)c2)cc1. The first-order chi connectivity index (χ1) is 14.3. The average Bonchev–Trinajstić information content (AvgIpc) is 2.72. The second kappa shape index (κ2) is 10.8. The van der Waals surface area contributed by atoms with Crippen molar-refractivity contribution in [1.82, 2.24) is 10.6 Å². The summed E-state index contributed by atoms with van der Waals surface area (Å²) >= 11 is 0. The van der Waals surface area contributed by atoms with E-state index in [2.05, 4.69) is 16.0 Å². The first-order valence-corrected chi connectivity index (χ1v) is 9.63. The minimum atomic E-state index is -0.344. The molecule has 8 nitrogen and oxygen atoms in total. The largest absolute Gasteiger partial charge is 0.493 e. The Balaban J connectivity index is 2.04. The van der Waals surface area contributed by atoms with Gasteiger partial charge in [0.2, 0.25) is 0 Å². The molecule has 0 saturated carbocycles. The number of nitrogens with one attached hydrogen (secondary N) is 3. The van der Waals surface area contributed by atoms with Crippen LogP contribution in [0.4, 0.5) is 5.69 Å². The molecule has 3 N–H and O–H groups in total. The Labute approximate surface area is 175 Å². The molecule has 2 aromatic carbocycles. The molecule has 160 valence electrons. The maximum atomic E-state index is 12.6. The predicted molar refractivity (Wildman–Crippen MR) is 114 cm³/mol. The monoisotopic (exact) mass is 413 g/mol. The molecule has 2 rings (SSSR count). The normalized spacial score (nSPS) is 10.3. The van der Waals surface area contributed by atoms with E-state index in [4.69, 9.17) is 9.47 Å². The van der Waals surface area contributed by atoms with Crippen LogP contribution in [-0.4, -0.2) is 44.0 Å². The Hall–Kier alpha value is -3.55. The molecule has 3 amide bonds. The van der Waals surface area contributed by atoms with Crippen molar-refractivity contribution in [2.24, 2.45) is 0 Å². The number of rotatable bonds is 9. The standard InChI is InChI=1S/C22H27N3O5/c1-5-23-21(27)15-6-9-17(10-7-15)25-22(28)16-8-11-18(19(12-16)29-4)30-13-20(26)24-14(2)3/h6-12,14H,5,13H2,1-4H3,(H,23,27)(H,24,26)(H,25,28). The fraction of sp³-hybridized carbons (Fsp3) is 0.318. The molecular weight excluding hydrogens is 386 g/mol. The van der Waals surface area contributed by atoms with E-state index in [9.17, 15) is 14.4 Å². The maximum absolute atomic E-state index is 12.6. The van der Waals surface area contributed by atoms with Crippen LogP contribution in [-0.2, 0) is 4.79 Å². The van der Waals surface area contributed by atoms with Crippen LogP contribution in [0, 0.1) is 0 Å². The molecule has 0 unspecified atom stereocenters. The minimum Gasteiger partial charge on any atom is -0.493 e. The van der Waals surface area contributed by atoms with E-state index in [1.807, 2.05) is 20.8 Å². The summed E-state index contributed by atoms with van der Waals surface area (Å²) in [7, 11) is 1.46. The van der Waals surface area contributed by atoms with E-state index in [0.29, 0.717) is 34.9 Å². The van der Waals surface area contributed by atoms with Crippen molar-refractivity contribution in [3.8, 4) is 11.5 Å². The van der Waals surface area contributed by atoms with Crippen molar-refractivity contribution in [1.29, 1.82) is 0 Å². The van der Waals surface area contributed by atoms with Gasteiger partial charge >= 0.3 is 0 Å². The zero-order chi connectivity index (χ0) is 22.1. The zero-order valence-corrected chi connectivity index (χ0v) is 17.6. The molecule has 0 atom stereocenters. The number of ether oxygens (including phenoxy) is 2. The molecule has 0 aromatic heterocycles. The number of carbonyl (C=O) groups excluding carboxylic acids is 3. The third-order valence-corrected chi connectivity index (χ3v) is 3.98. The molecule has 0 aliphatic carbocycles. The summed E-state index contributed by atoms with van der Waals surface area (Å²) in [5, 5.41) is 8.21. The molecular formula is C22H27N3O5. The van der Waals surface area contributed by atoms with Gasteiger partial charge in [-0.25, -0.2) is 0 Å². The van der Waals surface area contributed by atoms with Gasteiger partial charge in [-0.3, -0.25) is 14.4 Å².